The number of halogens is 1. The Morgan fingerprint density at radius 3 is 2.70 bits per heavy atom. The van der Waals surface area contributed by atoms with Gasteiger partial charge in [0.25, 0.3) is 0 Å². The van der Waals surface area contributed by atoms with Crippen LogP contribution in [0.3, 0.4) is 0 Å². The zero-order valence-electron chi connectivity index (χ0n) is 11.9. The van der Waals surface area contributed by atoms with E-state index in [0.29, 0.717) is 10.0 Å². The molecule has 0 fully saturated rings. The first-order valence-corrected chi connectivity index (χ1v) is 9.87. The molecule has 1 aromatic carbocycles. The highest BCUT2D eigenvalue weighted by Crippen LogP contribution is 2.28. The SMILES string of the molecule is NC(=O)c1ccc(-c2nc(CSCc3cnc(Cl)s3)cs2)cc1. The molecule has 118 valence electrons. The third-order valence-corrected chi connectivity index (χ3v) is 6.24. The zero-order valence-corrected chi connectivity index (χ0v) is 15.1. The lowest BCUT2D eigenvalue weighted by molar-refractivity contribution is 0.100. The molecule has 0 saturated carbocycles. The average molecular weight is 382 g/mol. The van der Waals surface area contributed by atoms with Crippen LogP contribution in [-0.4, -0.2) is 15.9 Å². The number of aromatic nitrogens is 2. The van der Waals surface area contributed by atoms with Crippen LogP contribution in [0.4, 0.5) is 0 Å². The standard InChI is InChI=1S/C15H12ClN3OS3/c16-15-18-5-12(23-15)8-21-6-11-7-22-14(19-11)10-3-1-9(2-4-10)13(17)20/h1-5,7H,6,8H2,(H2,17,20). The first-order valence-electron chi connectivity index (χ1n) is 6.64. The van der Waals surface area contributed by atoms with Crippen LogP contribution < -0.4 is 5.73 Å². The summed E-state index contributed by atoms with van der Waals surface area (Å²) in [4.78, 5) is 20.9. The molecule has 0 radical (unpaired) electrons. The van der Waals surface area contributed by atoms with Gasteiger partial charge in [-0.05, 0) is 12.1 Å². The molecule has 0 aliphatic heterocycles. The van der Waals surface area contributed by atoms with Crippen molar-refractivity contribution in [3.63, 3.8) is 0 Å². The second-order valence-electron chi connectivity index (χ2n) is 4.66. The summed E-state index contributed by atoms with van der Waals surface area (Å²) in [6, 6.07) is 7.19. The van der Waals surface area contributed by atoms with E-state index < -0.39 is 5.91 Å². The van der Waals surface area contributed by atoms with E-state index in [1.165, 1.54) is 11.3 Å². The van der Waals surface area contributed by atoms with Crippen LogP contribution in [0.15, 0.2) is 35.8 Å². The van der Waals surface area contributed by atoms with Crippen molar-refractivity contribution >= 4 is 51.9 Å². The van der Waals surface area contributed by atoms with Gasteiger partial charge in [0, 0.05) is 39.1 Å². The largest absolute Gasteiger partial charge is 0.366 e. The minimum atomic E-state index is -0.420. The molecule has 0 spiro atoms. The molecule has 0 aliphatic rings. The van der Waals surface area contributed by atoms with Gasteiger partial charge in [-0.15, -0.1) is 34.4 Å². The summed E-state index contributed by atoms with van der Waals surface area (Å²) >= 11 is 10.7. The zero-order chi connectivity index (χ0) is 16.2. The van der Waals surface area contributed by atoms with E-state index in [4.69, 9.17) is 17.3 Å². The van der Waals surface area contributed by atoms with E-state index in [-0.39, 0.29) is 0 Å². The third kappa shape index (κ3) is 4.32. The number of hydrogen-bond acceptors (Lipinski definition) is 6. The molecular weight excluding hydrogens is 370 g/mol. The van der Waals surface area contributed by atoms with Crippen molar-refractivity contribution in [2.75, 3.05) is 0 Å². The maximum Gasteiger partial charge on any atom is 0.248 e. The van der Waals surface area contributed by atoms with Gasteiger partial charge >= 0.3 is 0 Å². The Labute approximate surface area is 150 Å². The molecule has 2 aromatic heterocycles. The molecule has 23 heavy (non-hydrogen) atoms. The van der Waals surface area contributed by atoms with Gasteiger partial charge < -0.3 is 5.73 Å². The van der Waals surface area contributed by atoms with E-state index in [1.807, 2.05) is 18.3 Å². The fourth-order valence-corrected chi connectivity index (χ4v) is 4.81. The van der Waals surface area contributed by atoms with Crippen LogP contribution in [0.2, 0.25) is 4.47 Å². The lowest BCUT2D eigenvalue weighted by Gasteiger charge is -1.98. The van der Waals surface area contributed by atoms with Crippen molar-refractivity contribution < 1.29 is 4.79 Å². The Balaban J connectivity index is 1.60. The minimum Gasteiger partial charge on any atom is -0.366 e. The number of rotatable bonds is 6. The highest BCUT2D eigenvalue weighted by molar-refractivity contribution is 7.97. The molecule has 4 nitrogen and oxygen atoms in total. The number of hydrogen-bond donors (Lipinski definition) is 1. The Morgan fingerprint density at radius 1 is 1.26 bits per heavy atom. The summed E-state index contributed by atoms with van der Waals surface area (Å²) < 4.78 is 0.580. The van der Waals surface area contributed by atoms with Gasteiger partial charge in [0.2, 0.25) is 5.91 Å². The smallest absolute Gasteiger partial charge is 0.248 e. The minimum absolute atomic E-state index is 0.420. The Hall–Kier alpha value is -1.41. The number of benzene rings is 1. The van der Waals surface area contributed by atoms with Gasteiger partial charge in [0.1, 0.15) is 5.01 Å². The van der Waals surface area contributed by atoms with E-state index in [9.17, 15) is 4.79 Å². The van der Waals surface area contributed by atoms with E-state index >= 15 is 0 Å². The van der Waals surface area contributed by atoms with Crippen molar-refractivity contribution in [3.8, 4) is 10.6 Å². The number of carbonyl (C=O) groups excluding carboxylic acids is 1. The molecule has 2 heterocycles. The Morgan fingerprint density at radius 2 is 2.04 bits per heavy atom. The molecule has 8 heteroatoms. The summed E-state index contributed by atoms with van der Waals surface area (Å²) in [6.07, 6.45) is 1.81. The van der Waals surface area contributed by atoms with Crippen LogP contribution in [0, 0.1) is 0 Å². The quantitative estimate of drug-likeness (QED) is 0.684. The van der Waals surface area contributed by atoms with Gasteiger partial charge in [-0.2, -0.15) is 0 Å². The summed E-state index contributed by atoms with van der Waals surface area (Å²) in [5.41, 5.74) is 7.79. The van der Waals surface area contributed by atoms with Crippen molar-refractivity contribution in [2.24, 2.45) is 5.73 Å². The van der Waals surface area contributed by atoms with Crippen molar-refractivity contribution in [1.82, 2.24) is 9.97 Å². The predicted octanol–water partition coefficient (Wildman–Crippen LogP) is 4.45. The summed E-state index contributed by atoms with van der Waals surface area (Å²) in [5.74, 6) is 1.30. The first kappa shape index (κ1) is 16.4. The van der Waals surface area contributed by atoms with Crippen LogP contribution >= 0.6 is 46.0 Å². The molecule has 0 bridgehead atoms. The number of nitrogens with two attached hydrogens (primary N) is 1. The Kier molecular flexibility index (Phi) is 5.32. The molecule has 1 amide bonds. The summed E-state index contributed by atoms with van der Waals surface area (Å²) in [7, 11) is 0. The van der Waals surface area contributed by atoms with Crippen LogP contribution in [0.5, 0.6) is 0 Å². The van der Waals surface area contributed by atoms with Crippen LogP contribution in [-0.2, 0) is 11.5 Å². The Bertz CT molecular complexity index is 813. The number of carbonyl (C=O) groups is 1. The molecule has 0 saturated heterocycles. The average Bonchev–Trinajstić information content (AvgIpc) is 3.17. The van der Waals surface area contributed by atoms with E-state index in [0.717, 1.165) is 32.6 Å². The monoisotopic (exact) mass is 381 g/mol. The normalized spacial score (nSPS) is 10.8. The molecule has 3 aromatic rings. The van der Waals surface area contributed by atoms with E-state index in [1.54, 1.807) is 35.2 Å². The van der Waals surface area contributed by atoms with Gasteiger partial charge in [-0.1, -0.05) is 23.7 Å². The number of thiazole rings is 2. The second kappa shape index (κ2) is 7.44. The number of amides is 1. The topological polar surface area (TPSA) is 68.9 Å². The first-order chi connectivity index (χ1) is 11.1. The van der Waals surface area contributed by atoms with Gasteiger partial charge in [0.15, 0.2) is 4.47 Å². The maximum atomic E-state index is 11.1. The molecule has 0 atom stereocenters. The van der Waals surface area contributed by atoms with Crippen molar-refractivity contribution in [2.45, 2.75) is 11.5 Å². The number of primary amides is 1. The third-order valence-electron chi connectivity index (χ3n) is 2.99. The number of thioether (sulfide) groups is 1. The van der Waals surface area contributed by atoms with Crippen LogP contribution in [0.1, 0.15) is 20.9 Å². The lowest BCUT2D eigenvalue weighted by atomic mass is 10.1. The molecule has 3 rings (SSSR count). The highest BCUT2D eigenvalue weighted by Gasteiger charge is 2.07. The predicted molar refractivity (Wildman–Crippen MR) is 98.2 cm³/mol. The van der Waals surface area contributed by atoms with Gasteiger partial charge in [-0.3, -0.25) is 4.79 Å². The highest BCUT2D eigenvalue weighted by atomic mass is 35.5. The molecule has 0 unspecified atom stereocenters. The van der Waals surface area contributed by atoms with Gasteiger partial charge in [-0.25, -0.2) is 9.97 Å². The fourth-order valence-electron chi connectivity index (χ4n) is 1.89. The maximum absolute atomic E-state index is 11.1. The summed E-state index contributed by atoms with van der Waals surface area (Å²) in [6.45, 7) is 0. The molecule has 0 aliphatic carbocycles. The van der Waals surface area contributed by atoms with Crippen molar-refractivity contribution in [1.29, 1.82) is 0 Å². The van der Waals surface area contributed by atoms with Crippen molar-refractivity contribution in [3.05, 3.63) is 56.4 Å². The number of nitrogens with zero attached hydrogens (tertiary/aromatic N) is 2. The molecule has 2 N–H and O–H groups in total. The van der Waals surface area contributed by atoms with E-state index in [2.05, 4.69) is 15.3 Å². The fraction of sp³-hybridized carbons (Fsp3) is 0.133. The summed E-state index contributed by atoms with van der Waals surface area (Å²) in [5, 5.41) is 3.00. The van der Waals surface area contributed by atoms with Gasteiger partial charge in [0.05, 0.1) is 5.69 Å². The lowest BCUT2D eigenvalue weighted by Crippen LogP contribution is -2.10. The van der Waals surface area contributed by atoms with Crippen LogP contribution in [0.25, 0.3) is 10.6 Å². The second-order valence-corrected chi connectivity index (χ2v) is 8.20. The molecular formula is C15H12ClN3OS3.